The van der Waals surface area contributed by atoms with Crippen LogP contribution < -0.4 is 4.74 Å². The molecule has 0 spiro atoms. The van der Waals surface area contributed by atoms with Crippen LogP contribution in [0.3, 0.4) is 0 Å². The third-order valence-corrected chi connectivity index (χ3v) is 2.68. The lowest BCUT2D eigenvalue weighted by Gasteiger charge is -2.04. The van der Waals surface area contributed by atoms with Gasteiger partial charge in [-0.25, -0.2) is 4.79 Å². The Labute approximate surface area is 103 Å². The molecule has 3 rings (SSSR count). The Kier molecular flexibility index (Phi) is 2.51. The van der Waals surface area contributed by atoms with Gasteiger partial charge in [-0.05, 0) is 25.0 Å². The molecule has 1 fully saturated rings. The topological polar surface area (TPSA) is 72.6 Å². The molecule has 1 heterocycles. The molecule has 5 heteroatoms. The first kappa shape index (κ1) is 10.8. The van der Waals surface area contributed by atoms with Crippen molar-refractivity contribution in [3.8, 4) is 17.0 Å². The first-order valence-electron chi connectivity index (χ1n) is 5.69. The molecule has 1 aliphatic rings. The summed E-state index contributed by atoms with van der Waals surface area (Å²) in [6.07, 6.45) is 2.52. The molecule has 1 aliphatic carbocycles. The van der Waals surface area contributed by atoms with E-state index < -0.39 is 5.97 Å². The average molecular weight is 245 g/mol. The fraction of sp³-hybridized carbons (Fsp3) is 0.231. The Bertz CT molecular complexity index is 586. The molecule has 0 bridgehead atoms. The molecule has 0 amide bonds. The van der Waals surface area contributed by atoms with Gasteiger partial charge < -0.3 is 14.4 Å². The number of hydrogen-bond acceptors (Lipinski definition) is 4. The third kappa shape index (κ3) is 2.20. The lowest BCUT2D eigenvalue weighted by atomic mass is 10.1. The monoisotopic (exact) mass is 245 g/mol. The summed E-state index contributed by atoms with van der Waals surface area (Å²) in [7, 11) is 0. The standard InChI is InChI=1S/C13H11NO4/c15-13(16)12-7-11(14-18-12)8-2-1-3-10(6-8)17-9-4-5-9/h1-3,6-7,9H,4-5H2,(H,15,16). The quantitative estimate of drug-likeness (QED) is 0.896. The molecule has 18 heavy (non-hydrogen) atoms. The summed E-state index contributed by atoms with van der Waals surface area (Å²) >= 11 is 0. The van der Waals surface area contributed by atoms with Gasteiger partial charge in [-0.2, -0.15) is 0 Å². The molecular weight excluding hydrogens is 234 g/mol. The Balaban J connectivity index is 1.87. The minimum absolute atomic E-state index is 0.168. The maximum Gasteiger partial charge on any atom is 0.374 e. The number of rotatable bonds is 4. The first-order chi connectivity index (χ1) is 8.72. The van der Waals surface area contributed by atoms with Crippen molar-refractivity contribution in [1.82, 2.24) is 5.16 Å². The van der Waals surface area contributed by atoms with Crippen LogP contribution in [0.1, 0.15) is 23.4 Å². The van der Waals surface area contributed by atoms with Gasteiger partial charge >= 0.3 is 5.97 Å². The van der Waals surface area contributed by atoms with E-state index in [4.69, 9.17) is 14.4 Å². The highest BCUT2D eigenvalue weighted by Crippen LogP contribution is 2.29. The largest absolute Gasteiger partial charge is 0.490 e. The molecule has 1 aromatic carbocycles. The van der Waals surface area contributed by atoms with E-state index in [-0.39, 0.29) is 5.76 Å². The number of hydrogen-bond donors (Lipinski definition) is 1. The van der Waals surface area contributed by atoms with Gasteiger partial charge in [0.15, 0.2) is 0 Å². The smallest absolute Gasteiger partial charge is 0.374 e. The van der Waals surface area contributed by atoms with Crippen molar-refractivity contribution >= 4 is 5.97 Å². The summed E-state index contributed by atoms with van der Waals surface area (Å²) in [6, 6.07) is 8.80. The fourth-order valence-corrected chi connectivity index (χ4v) is 1.62. The van der Waals surface area contributed by atoms with Crippen LogP contribution in [0, 0.1) is 0 Å². The number of benzene rings is 1. The zero-order valence-corrected chi connectivity index (χ0v) is 9.50. The van der Waals surface area contributed by atoms with Crippen molar-refractivity contribution in [2.75, 3.05) is 0 Å². The summed E-state index contributed by atoms with van der Waals surface area (Å²) in [4.78, 5) is 10.7. The molecule has 0 radical (unpaired) electrons. The minimum atomic E-state index is -1.13. The number of aromatic nitrogens is 1. The van der Waals surface area contributed by atoms with Crippen molar-refractivity contribution in [3.63, 3.8) is 0 Å². The van der Waals surface area contributed by atoms with E-state index >= 15 is 0 Å². The average Bonchev–Trinajstić information content (AvgIpc) is 3.03. The van der Waals surface area contributed by atoms with Crippen LogP contribution >= 0.6 is 0 Å². The summed E-state index contributed by atoms with van der Waals surface area (Å²) < 4.78 is 10.4. The Hall–Kier alpha value is -2.30. The molecule has 1 saturated carbocycles. The van der Waals surface area contributed by atoms with Gasteiger partial charge in [0.1, 0.15) is 11.4 Å². The van der Waals surface area contributed by atoms with Crippen LogP contribution in [0.2, 0.25) is 0 Å². The zero-order valence-electron chi connectivity index (χ0n) is 9.50. The molecule has 0 aliphatic heterocycles. The predicted molar refractivity (Wildman–Crippen MR) is 62.5 cm³/mol. The molecule has 0 unspecified atom stereocenters. The van der Waals surface area contributed by atoms with Gasteiger partial charge in [-0.15, -0.1) is 0 Å². The van der Waals surface area contributed by atoms with Crippen LogP contribution in [0.15, 0.2) is 34.9 Å². The van der Waals surface area contributed by atoms with E-state index in [2.05, 4.69) is 5.16 Å². The summed E-state index contributed by atoms with van der Waals surface area (Å²) in [5.41, 5.74) is 1.28. The van der Waals surface area contributed by atoms with E-state index in [9.17, 15) is 4.79 Å². The normalized spacial score (nSPS) is 14.4. The van der Waals surface area contributed by atoms with E-state index in [1.807, 2.05) is 24.3 Å². The summed E-state index contributed by atoms with van der Waals surface area (Å²) in [5.74, 6) is -0.521. The maximum absolute atomic E-state index is 10.7. The third-order valence-electron chi connectivity index (χ3n) is 2.68. The molecule has 0 saturated heterocycles. The lowest BCUT2D eigenvalue weighted by molar-refractivity contribution is 0.0652. The van der Waals surface area contributed by atoms with Crippen LogP contribution in [0.4, 0.5) is 0 Å². The second kappa shape index (κ2) is 4.18. The molecule has 1 aromatic heterocycles. The lowest BCUT2D eigenvalue weighted by Crippen LogP contribution is -1.95. The van der Waals surface area contributed by atoms with Crippen molar-refractivity contribution in [1.29, 1.82) is 0 Å². The number of ether oxygens (including phenoxy) is 1. The van der Waals surface area contributed by atoms with Crippen molar-refractivity contribution in [2.45, 2.75) is 18.9 Å². The maximum atomic E-state index is 10.7. The highest BCUT2D eigenvalue weighted by atomic mass is 16.5. The van der Waals surface area contributed by atoms with Gasteiger partial charge in [0.2, 0.25) is 5.76 Å². The van der Waals surface area contributed by atoms with Gasteiger partial charge in [-0.3, -0.25) is 0 Å². The molecule has 92 valence electrons. The van der Waals surface area contributed by atoms with Crippen LogP contribution in [0.25, 0.3) is 11.3 Å². The van der Waals surface area contributed by atoms with E-state index in [1.54, 1.807) is 0 Å². The van der Waals surface area contributed by atoms with Crippen LogP contribution in [0.5, 0.6) is 5.75 Å². The number of carboxylic acids is 1. The zero-order chi connectivity index (χ0) is 12.5. The number of aromatic carboxylic acids is 1. The number of nitrogens with zero attached hydrogens (tertiary/aromatic N) is 1. The van der Waals surface area contributed by atoms with Gasteiger partial charge in [-0.1, -0.05) is 17.3 Å². The summed E-state index contributed by atoms with van der Waals surface area (Å²) in [6.45, 7) is 0. The van der Waals surface area contributed by atoms with E-state index in [0.717, 1.165) is 24.2 Å². The number of carbonyl (C=O) groups is 1. The van der Waals surface area contributed by atoms with Crippen molar-refractivity contribution in [3.05, 3.63) is 36.1 Å². The predicted octanol–water partition coefficient (Wildman–Crippen LogP) is 2.58. The van der Waals surface area contributed by atoms with Crippen LogP contribution in [-0.4, -0.2) is 22.3 Å². The Morgan fingerprint density at radius 3 is 2.89 bits per heavy atom. The summed E-state index contributed by atoms with van der Waals surface area (Å²) in [5, 5.41) is 12.5. The van der Waals surface area contributed by atoms with Gasteiger partial charge in [0.25, 0.3) is 0 Å². The first-order valence-corrected chi connectivity index (χ1v) is 5.69. The van der Waals surface area contributed by atoms with Crippen molar-refractivity contribution in [2.24, 2.45) is 0 Å². The van der Waals surface area contributed by atoms with E-state index in [1.165, 1.54) is 6.07 Å². The Morgan fingerprint density at radius 2 is 2.22 bits per heavy atom. The molecule has 0 atom stereocenters. The fourth-order valence-electron chi connectivity index (χ4n) is 1.62. The minimum Gasteiger partial charge on any atom is -0.490 e. The van der Waals surface area contributed by atoms with Crippen LogP contribution in [-0.2, 0) is 0 Å². The second-order valence-electron chi connectivity index (χ2n) is 4.23. The Morgan fingerprint density at radius 1 is 1.39 bits per heavy atom. The molecule has 5 nitrogen and oxygen atoms in total. The molecule has 1 N–H and O–H groups in total. The van der Waals surface area contributed by atoms with E-state index in [0.29, 0.717) is 11.8 Å². The highest BCUT2D eigenvalue weighted by Gasteiger charge is 2.23. The second-order valence-corrected chi connectivity index (χ2v) is 4.23. The highest BCUT2D eigenvalue weighted by molar-refractivity contribution is 5.85. The van der Waals surface area contributed by atoms with Gasteiger partial charge in [0.05, 0.1) is 6.10 Å². The van der Waals surface area contributed by atoms with Crippen molar-refractivity contribution < 1.29 is 19.2 Å². The SMILES string of the molecule is O=C(O)c1cc(-c2cccc(OC3CC3)c2)no1. The molecule has 2 aromatic rings. The number of carboxylic acid groups (broad SMARTS) is 1. The molecular formula is C13H11NO4. The van der Waals surface area contributed by atoms with Gasteiger partial charge in [0, 0.05) is 11.6 Å².